The molecule has 1 amide bonds. The summed E-state index contributed by atoms with van der Waals surface area (Å²) >= 11 is 3.41. The van der Waals surface area contributed by atoms with Crippen LogP contribution in [0.3, 0.4) is 0 Å². The Morgan fingerprint density at radius 3 is 3.00 bits per heavy atom. The van der Waals surface area contributed by atoms with Crippen LogP contribution < -0.4 is 15.4 Å². The Labute approximate surface area is 114 Å². The molecule has 0 aliphatic carbocycles. The van der Waals surface area contributed by atoms with E-state index in [2.05, 4.69) is 15.9 Å². The lowest BCUT2D eigenvalue weighted by Crippen LogP contribution is -2.49. The van der Waals surface area contributed by atoms with Gasteiger partial charge in [0, 0.05) is 12.2 Å². The summed E-state index contributed by atoms with van der Waals surface area (Å²) in [5, 5.41) is 0. The first-order valence-corrected chi connectivity index (χ1v) is 6.40. The third kappa shape index (κ3) is 2.66. The molecule has 0 aromatic heterocycles. The van der Waals surface area contributed by atoms with Gasteiger partial charge in [-0.1, -0.05) is 0 Å². The fraction of sp³-hybridized carbons (Fsp3) is 0.417. The molecule has 1 saturated heterocycles. The quantitative estimate of drug-likeness (QED) is 0.909. The van der Waals surface area contributed by atoms with Crippen molar-refractivity contribution in [2.24, 2.45) is 5.73 Å². The van der Waals surface area contributed by atoms with Gasteiger partial charge in [0.25, 0.3) is 5.91 Å². The third-order valence-electron chi connectivity index (χ3n) is 2.84. The molecule has 18 heavy (non-hydrogen) atoms. The zero-order valence-electron chi connectivity index (χ0n) is 10.1. The zero-order chi connectivity index (χ0) is 13.1. The van der Waals surface area contributed by atoms with E-state index in [0.29, 0.717) is 13.1 Å². The molecule has 0 spiro atoms. The first-order valence-electron chi connectivity index (χ1n) is 5.61. The first kappa shape index (κ1) is 13.3. The molecule has 6 heteroatoms. The van der Waals surface area contributed by atoms with E-state index in [1.807, 2.05) is 18.2 Å². The maximum Gasteiger partial charge on any atom is 0.253 e. The molecule has 2 rings (SSSR count). The lowest BCUT2D eigenvalue weighted by Gasteiger charge is -2.32. The number of ether oxygens (including phenoxy) is 2. The number of amides is 1. The molecule has 5 nitrogen and oxygen atoms in total. The second-order valence-electron chi connectivity index (χ2n) is 3.99. The molecule has 2 N–H and O–H groups in total. The minimum Gasteiger partial charge on any atom is -0.496 e. The van der Waals surface area contributed by atoms with Gasteiger partial charge in [0.2, 0.25) is 0 Å². The smallest absolute Gasteiger partial charge is 0.253 e. The Bertz CT molecular complexity index is 453. The highest BCUT2D eigenvalue weighted by molar-refractivity contribution is 9.10. The van der Waals surface area contributed by atoms with Gasteiger partial charge in [-0.05, 0) is 34.1 Å². The Kier molecular flexibility index (Phi) is 4.21. The number of methoxy groups -OCH3 is 1. The van der Waals surface area contributed by atoms with Gasteiger partial charge in [-0.2, -0.15) is 0 Å². The van der Waals surface area contributed by atoms with Crippen molar-refractivity contribution in [3.05, 3.63) is 22.7 Å². The predicted molar refractivity (Wildman–Crippen MR) is 71.8 cm³/mol. The van der Waals surface area contributed by atoms with Crippen molar-refractivity contribution in [3.8, 4) is 5.75 Å². The van der Waals surface area contributed by atoms with Crippen LogP contribution in [0.1, 0.15) is 0 Å². The molecule has 1 aliphatic heterocycles. The number of carbonyl (C=O) groups excluding carboxylic acids is 1. The monoisotopic (exact) mass is 314 g/mol. The molecule has 98 valence electrons. The predicted octanol–water partition coefficient (Wildman–Crippen LogP) is 1.15. The fourth-order valence-electron chi connectivity index (χ4n) is 1.84. The largest absolute Gasteiger partial charge is 0.496 e. The van der Waals surface area contributed by atoms with E-state index >= 15 is 0 Å². The van der Waals surface area contributed by atoms with E-state index in [1.54, 1.807) is 12.0 Å². The summed E-state index contributed by atoms with van der Waals surface area (Å²) in [5.74, 6) is 0.673. The molecule has 1 aromatic rings. The van der Waals surface area contributed by atoms with E-state index in [-0.39, 0.29) is 18.6 Å². The molecular formula is C12H15BrN2O3. The van der Waals surface area contributed by atoms with Crippen molar-refractivity contribution in [1.29, 1.82) is 0 Å². The van der Waals surface area contributed by atoms with Gasteiger partial charge >= 0.3 is 0 Å². The number of hydrogen-bond acceptors (Lipinski definition) is 4. The Morgan fingerprint density at radius 2 is 2.39 bits per heavy atom. The summed E-state index contributed by atoms with van der Waals surface area (Å²) in [6.07, 6.45) is -0.108. The second kappa shape index (κ2) is 5.69. The molecule has 1 aliphatic rings. The Morgan fingerprint density at radius 1 is 1.61 bits per heavy atom. The maximum atomic E-state index is 11.8. The molecule has 1 atom stereocenters. The average molecular weight is 315 g/mol. The molecule has 1 unspecified atom stereocenters. The van der Waals surface area contributed by atoms with Crippen LogP contribution in [-0.2, 0) is 9.53 Å². The van der Waals surface area contributed by atoms with Gasteiger partial charge < -0.3 is 20.1 Å². The lowest BCUT2D eigenvalue weighted by atomic mass is 10.2. The van der Waals surface area contributed by atoms with Gasteiger partial charge in [0.1, 0.15) is 12.4 Å². The summed E-state index contributed by atoms with van der Waals surface area (Å²) < 4.78 is 11.3. The number of nitrogens with zero attached hydrogens (tertiary/aromatic N) is 1. The summed E-state index contributed by atoms with van der Waals surface area (Å²) in [5.41, 5.74) is 6.39. The number of nitrogens with two attached hydrogens (primary N) is 1. The zero-order valence-corrected chi connectivity index (χ0v) is 11.6. The average Bonchev–Trinajstić information content (AvgIpc) is 2.39. The van der Waals surface area contributed by atoms with Crippen molar-refractivity contribution in [2.75, 3.05) is 31.7 Å². The molecule has 0 bridgehead atoms. The highest BCUT2D eigenvalue weighted by Crippen LogP contribution is 2.30. The van der Waals surface area contributed by atoms with Crippen LogP contribution in [0, 0.1) is 0 Å². The lowest BCUT2D eigenvalue weighted by molar-refractivity contribution is -0.128. The van der Waals surface area contributed by atoms with E-state index in [0.717, 1.165) is 15.9 Å². The van der Waals surface area contributed by atoms with E-state index in [1.165, 1.54) is 0 Å². The fourth-order valence-corrected chi connectivity index (χ4v) is 2.37. The van der Waals surface area contributed by atoms with Gasteiger partial charge in [0.15, 0.2) is 0 Å². The summed E-state index contributed by atoms with van der Waals surface area (Å²) in [6.45, 7) is 0.959. The minimum absolute atomic E-state index is 0.0585. The molecule has 0 saturated carbocycles. The van der Waals surface area contributed by atoms with Gasteiger partial charge in [-0.25, -0.2) is 0 Å². The first-order chi connectivity index (χ1) is 8.65. The highest BCUT2D eigenvalue weighted by Gasteiger charge is 2.26. The van der Waals surface area contributed by atoms with Crippen LogP contribution in [-0.4, -0.2) is 38.8 Å². The number of morpholine rings is 1. The number of anilines is 1. The topological polar surface area (TPSA) is 64.8 Å². The van der Waals surface area contributed by atoms with E-state index in [9.17, 15) is 4.79 Å². The summed E-state index contributed by atoms with van der Waals surface area (Å²) in [7, 11) is 1.60. The standard InChI is InChI=1S/C12H15BrN2O3/c1-17-11-3-2-8(4-10(11)13)15-6-9(5-14)18-7-12(15)16/h2-4,9H,5-7,14H2,1H3. The summed E-state index contributed by atoms with van der Waals surface area (Å²) in [4.78, 5) is 13.5. The minimum atomic E-state index is -0.108. The van der Waals surface area contributed by atoms with Gasteiger partial charge in [0.05, 0.1) is 24.2 Å². The van der Waals surface area contributed by atoms with E-state index < -0.39 is 0 Å². The van der Waals surface area contributed by atoms with Gasteiger partial charge in [-0.3, -0.25) is 4.79 Å². The maximum absolute atomic E-state index is 11.8. The second-order valence-corrected chi connectivity index (χ2v) is 4.85. The van der Waals surface area contributed by atoms with Crippen LogP contribution in [0.2, 0.25) is 0 Å². The number of halogens is 1. The number of rotatable bonds is 3. The van der Waals surface area contributed by atoms with Crippen molar-refractivity contribution < 1.29 is 14.3 Å². The molecule has 0 radical (unpaired) electrons. The molecule has 1 fully saturated rings. The number of carbonyl (C=O) groups is 1. The van der Waals surface area contributed by atoms with Crippen LogP contribution in [0.15, 0.2) is 22.7 Å². The number of hydrogen-bond donors (Lipinski definition) is 1. The molecule has 1 aromatic carbocycles. The summed E-state index contributed by atoms with van der Waals surface area (Å²) in [6, 6.07) is 5.52. The Balaban J connectivity index is 2.23. The molecule has 1 heterocycles. The highest BCUT2D eigenvalue weighted by atomic mass is 79.9. The van der Waals surface area contributed by atoms with Crippen molar-refractivity contribution in [1.82, 2.24) is 0 Å². The van der Waals surface area contributed by atoms with Crippen LogP contribution in [0.25, 0.3) is 0 Å². The SMILES string of the molecule is COc1ccc(N2CC(CN)OCC2=O)cc1Br. The normalized spacial score (nSPS) is 20.1. The van der Waals surface area contributed by atoms with Crippen LogP contribution in [0.4, 0.5) is 5.69 Å². The van der Waals surface area contributed by atoms with Gasteiger partial charge in [-0.15, -0.1) is 0 Å². The Hall–Kier alpha value is -1.11. The van der Waals surface area contributed by atoms with Crippen molar-refractivity contribution in [3.63, 3.8) is 0 Å². The molecular weight excluding hydrogens is 300 g/mol. The van der Waals surface area contributed by atoms with Crippen LogP contribution >= 0.6 is 15.9 Å². The number of benzene rings is 1. The van der Waals surface area contributed by atoms with E-state index in [4.69, 9.17) is 15.2 Å². The van der Waals surface area contributed by atoms with Crippen LogP contribution in [0.5, 0.6) is 5.75 Å². The third-order valence-corrected chi connectivity index (χ3v) is 3.46. The van der Waals surface area contributed by atoms with Crippen molar-refractivity contribution >= 4 is 27.5 Å². The van der Waals surface area contributed by atoms with Crippen molar-refractivity contribution in [2.45, 2.75) is 6.10 Å².